The number of thiophene rings is 1. The van der Waals surface area contributed by atoms with E-state index in [0.717, 1.165) is 31.5 Å². The predicted molar refractivity (Wildman–Crippen MR) is 125 cm³/mol. The minimum absolute atomic E-state index is 0.0267. The van der Waals surface area contributed by atoms with E-state index < -0.39 is 10.0 Å². The van der Waals surface area contributed by atoms with E-state index in [1.165, 1.54) is 28.8 Å². The standard InChI is InChI=1S/C23H30FN3O4S2/c1-31-21-5-4-17(15-20(21)24)16-26-10-8-19(9-11-26)25-23(28)18-6-12-27(13-7-18)33(29,30)22-3-2-14-32-22/h2-5,14-15,18-19H,6-13,16H2,1H3,(H,25,28). The molecule has 2 saturated heterocycles. The van der Waals surface area contributed by atoms with E-state index in [-0.39, 0.29) is 29.4 Å². The fourth-order valence-corrected chi connectivity index (χ4v) is 7.13. The molecule has 2 aliphatic heterocycles. The second-order valence-corrected chi connectivity index (χ2v) is 11.8. The Balaban J connectivity index is 1.21. The molecular weight excluding hydrogens is 465 g/mol. The van der Waals surface area contributed by atoms with Crippen LogP contribution >= 0.6 is 11.3 Å². The van der Waals surface area contributed by atoms with Crippen LogP contribution in [0.4, 0.5) is 4.39 Å². The third kappa shape index (κ3) is 5.74. The number of piperidine rings is 2. The van der Waals surface area contributed by atoms with Crippen LogP contribution in [-0.2, 0) is 21.4 Å². The van der Waals surface area contributed by atoms with E-state index >= 15 is 0 Å². The summed E-state index contributed by atoms with van der Waals surface area (Å²) in [6.07, 6.45) is 2.77. The summed E-state index contributed by atoms with van der Waals surface area (Å²) in [6.45, 7) is 3.06. The van der Waals surface area contributed by atoms with Crippen LogP contribution in [0, 0.1) is 11.7 Å². The normalized spacial score (nSPS) is 19.5. The van der Waals surface area contributed by atoms with Gasteiger partial charge in [0, 0.05) is 44.7 Å². The highest BCUT2D eigenvalue weighted by molar-refractivity contribution is 7.91. The maximum atomic E-state index is 13.9. The van der Waals surface area contributed by atoms with Crippen LogP contribution in [0.25, 0.3) is 0 Å². The Hall–Kier alpha value is -2.01. The third-order valence-electron chi connectivity index (χ3n) is 6.47. The fourth-order valence-electron chi connectivity index (χ4n) is 4.52. The van der Waals surface area contributed by atoms with Crippen molar-refractivity contribution in [1.29, 1.82) is 0 Å². The fraction of sp³-hybridized carbons (Fsp3) is 0.522. The van der Waals surface area contributed by atoms with Gasteiger partial charge in [-0.25, -0.2) is 12.8 Å². The van der Waals surface area contributed by atoms with E-state index in [0.29, 0.717) is 36.7 Å². The molecule has 7 nitrogen and oxygen atoms in total. The lowest BCUT2D eigenvalue weighted by Crippen LogP contribution is -2.48. The van der Waals surface area contributed by atoms with Crippen LogP contribution in [-0.4, -0.2) is 62.9 Å². The van der Waals surface area contributed by atoms with Gasteiger partial charge in [-0.1, -0.05) is 12.1 Å². The van der Waals surface area contributed by atoms with Gasteiger partial charge in [0.2, 0.25) is 5.91 Å². The zero-order valence-corrected chi connectivity index (χ0v) is 20.3. The molecule has 1 amide bonds. The van der Waals surface area contributed by atoms with Gasteiger partial charge >= 0.3 is 0 Å². The molecule has 0 aliphatic carbocycles. The van der Waals surface area contributed by atoms with Crippen molar-refractivity contribution < 1.29 is 22.3 Å². The number of benzene rings is 1. The minimum Gasteiger partial charge on any atom is -0.494 e. The largest absolute Gasteiger partial charge is 0.494 e. The first-order chi connectivity index (χ1) is 15.9. The number of halogens is 1. The number of ether oxygens (including phenoxy) is 1. The Morgan fingerprint density at radius 1 is 1.15 bits per heavy atom. The van der Waals surface area contributed by atoms with Crippen LogP contribution in [0.5, 0.6) is 5.75 Å². The van der Waals surface area contributed by atoms with Gasteiger partial charge in [-0.3, -0.25) is 9.69 Å². The number of hydrogen-bond donors (Lipinski definition) is 1. The summed E-state index contributed by atoms with van der Waals surface area (Å²) < 4.78 is 46.1. The maximum absolute atomic E-state index is 13.9. The molecule has 10 heteroatoms. The quantitative estimate of drug-likeness (QED) is 0.639. The van der Waals surface area contributed by atoms with Crippen molar-refractivity contribution >= 4 is 27.3 Å². The summed E-state index contributed by atoms with van der Waals surface area (Å²) in [7, 11) is -2.00. The number of rotatable bonds is 7. The Labute approximate surface area is 198 Å². The summed E-state index contributed by atoms with van der Waals surface area (Å²) >= 11 is 1.22. The molecule has 4 rings (SSSR count). The van der Waals surface area contributed by atoms with Crippen molar-refractivity contribution in [3.63, 3.8) is 0 Å². The lowest BCUT2D eigenvalue weighted by molar-refractivity contribution is -0.127. The molecule has 1 aromatic carbocycles. The molecule has 180 valence electrons. The highest BCUT2D eigenvalue weighted by atomic mass is 32.2. The van der Waals surface area contributed by atoms with Crippen molar-refractivity contribution in [3.8, 4) is 5.75 Å². The number of nitrogens with one attached hydrogen (secondary N) is 1. The van der Waals surface area contributed by atoms with Gasteiger partial charge in [-0.05, 0) is 54.8 Å². The van der Waals surface area contributed by atoms with Gasteiger partial charge < -0.3 is 10.1 Å². The number of hydrogen-bond acceptors (Lipinski definition) is 6. The Morgan fingerprint density at radius 3 is 2.48 bits per heavy atom. The predicted octanol–water partition coefficient (Wildman–Crippen LogP) is 3.08. The number of amides is 1. The van der Waals surface area contributed by atoms with E-state index in [2.05, 4.69) is 10.2 Å². The number of carbonyl (C=O) groups excluding carboxylic acids is 1. The molecular formula is C23H30FN3O4S2. The lowest BCUT2D eigenvalue weighted by atomic mass is 9.95. The molecule has 2 aliphatic rings. The van der Waals surface area contributed by atoms with Gasteiger partial charge in [0.1, 0.15) is 4.21 Å². The van der Waals surface area contributed by atoms with Crippen LogP contribution < -0.4 is 10.1 Å². The molecule has 0 atom stereocenters. The molecule has 2 aromatic rings. The second kappa shape index (κ2) is 10.5. The third-order valence-corrected chi connectivity index (χ3v) is 9.74. The average molecular weight is 496 g/mol. The van der Waals surface area contributed by atoms with Crippen molar-refractivity contribution in [3.05, 3.63) is 47.1 Å². The minimum atomic E-state index is -3.45. The van der Waals surface area contributed by atoms with E-state index in [9.17, 15) is 17.6 Å². The SMILES string of the molecule is COc1ccc(CN2CCC(NC(=O)C3CCN(S(=O)(=O)c4cccs4)CC3)CC2)cc1F. The first-order valence-electron chi connectivity index (χ1n) is 11.3. The number of sulfonamides is 1. The summed E-state index contributed by atoms with van der Waals surface area (Å²) in [6, 6.07) is 8.51. The van der Waals surface area contributed by atoms with Gasteiger partial charge in [0.25, 0.3) is 10.0 Å². The Kier molecular flexibility index (Phi) is 7.68. The molecule has 0 saturated carbocycles. The molecule has 1 N–H and O–H groups in total. The number of methoxy groups -OCH3 is 1. The molecule has 2 fully saturated rings. The van der Waals surface area contributed by atoms with E-state index in [4.69, 9.17) is 4.74 Å². The van der Waals surface area contributed by atoms with Gasteiger partial charge in [-0.2, -0.15) is 4.31 Å². The molecule has 0 unspecified atom stereocenters. The summed E-state index contributed by atoms with van der Waals surface area (Å²) in [5, 5.41) is 4.93. The molecule has 3 heterocycles. The zero-order valence-electron chi connectivity index (χ0n) is 18.7. The van der Waals surface area contributed by atoms with Crippen molar-refractivity contribution in [1.82, 2.24) is 14.5 Å². The summed E-state index contributed by atoms with van der Waals surface area (Å²) in [5.74, 6) is -0.236. The van der Waals surface area contributed by atoms with Gasteiger partial charge in [0.15, 0.2) is 11.6 Å². The number of carbonyl (C=O) groups is 1. The number of likely N-dealkylation sites (tertiary alicyclic amines) is 1. The van der Waals surface area contributed by atoms with Crippen molar-refractivity contribution in [2.75, 3.05) is 33.3 Å². The maximum Gasteiger partial charge on any atom is 0.252 e. The Morgan fingerprint density at radius 2 is 1.88 bits per heavy atom. The topological polar surface area (TPSA) is 79.0 Å². The monoisotopic (exact) mass is 495 g/mol. The highest BCUT2D eigenvalue weighted by Crippen LogP contribution is 2.27. The first kappa shape index (κ1) is 24.1. The van der Waals surface area contributed by atoms with E-state index in [1.54, 1.807) is 23.6 Å². The highest BCUT2D eigenvalue weighted by Gasteiger charge is 2.33. The smallest absolute Gasteiger partial charge is 0.252 e. The lowest BCUT2D eigenvalue weighted by Gasteiger charge is -2.34. The van der Waals surface area contributed by atoms with Gasteiger partial charge in [-0.15, -0.1) is 11.3 Å². The van der Waals surface area contributed by atoms with Crippen LogP contribution in [0.2, 0.25) is 0 Å². The second-order valence-electron chi connectivity index (χ2n) is 8.64. The molecule has 0 spiro atoms. The zero-order chi connectivity index (χ0) is 23.4. The molecule has 1 aromatic heterocycles. The molecule has 0 bridgehead atoms. The van der Waals surface area contributed by atoms with Crippen LogP contribution in [0.15, 0.2) is 39.9 Å². The van der Waals surface area contributed by atoms with Crippen LogP contribution in [0.1, 0.15) is 31.2 Å². The van der Waals surface area contributed by atoms with Crippen molar-refractivity contribution in [2.45, 2.75) is 42.5 Å². The molecule has 0 radical (unpaired) electrons. The average Bonchev–Trinajstić information content (AvgIpc) is 3.37. The first-order valence-corrected chi connectivity index (χ1v) is 13.6. The van der Waals surface area contributed by atoms with Crippen molar-refractivity contribution in [2.24, 2.45) is 5.92 Å². The summed E-state index contributed by atoms with van der Waals surface area (Å²) in [5.41, 5.74) is 0.903. The molecule has 33 heavy (non-hydrogen) atoms. The van der Waals surface area contributed by atoms with E-state index in [1.807, 2.05) is 6.07 Å². The van der Waals surface area contributed by atoms with Gasteiger partial charge in [0.05, 0.1) is 7.11 Å². The van der Waals surface area contributed by atoms with Crippen LogP contribution in [0.3, 0.4) is 0 Å². The summed E-state index contributed by atoms with van der Waals surface area (Å²) in [4.78, 5) is 15.0. The Bertz CT molecular complexity index is 1050. The number of nitrogens with zero attached hydrogens (tertiary/aromatic N) is 2.